The van der Waals surface area contributed by atoms with Gasteiger partial charge in [-0.3, -0.25) is 9.48 Å². The van der Waals surface area contributed by atoms with Crippen molar-refractivity contribution in [3.8, 4) is 11.5 Å². The number of hydrogen-bond acceptors (Lipinski definition) is 4. The van der Waals surface area contributed by atoms with E-state index in [1.807, 2.05) is 13.8 Å². The molecule has 33 heavy (non-hydrogen) atoms. The summed E-state index contributed by atoms with van der Waals surface area (Å²) in [6.07, 6.45) is -4.41. The number of carbonyl (C=O) groups excluding carboxylic acids is 1. The quantitative estimate of drug-likeness (QED) is 0.473. The molecule has 1 heterocycles. The molecule has 3 aromatic rings. The van der Waals surface area contributed by atoms with Crippen LogP contribution in [0.4, 0.5) is 18.9 Å². The summed E-state index contributed by atoms with van der Waals surface area (Å²) in [6, 6.07) is 10.0. The van der Waals surface area contributed by atoms with Gasteiger partial charge in [0.1, 0.15) is 0 Å². The summed E-state index contributed by atoms with van der Waals surface area (Å²) in [6.45, 7) is 8.22. The molecule has 0 radical (unpaired) electrons. The first-order valence-electron chi connectivity index (χ1n) is 10.5. The van der Waals surface area contributed by atoms with Gasteiger partial charge in [0.2, 0.25) is 0 Å². The van der Waals surface area contributed by atoms with E-state index in [2.05, 4.69) is 10.4 Å². The number of aromatic nitrogens is 2. The fourth-order valence-electron chi connectivity index (χ4n) is 3.43. The van der Waals surface area contributed by atoms with Crippen LogP contribution in [0.5, 0.6) is 11.5 Å². The topological polar surface area (TPSA) is 65.4 Å². The van der Waals surface area contributed by atoms with Crippen LogP contribution in [0.15, 0.2) is 42.5 Å². The van der Waals surface area contributed by atoms with E-state index in [0.29, 0.717) is 52.9 Å². The molecule has 0 unspecified atom stereocenters. The highest BCUT2D eigenvalue weighted by atomic mass is 19.4. The van der Waals surface area contributed by atoms with E-state index in [9.17, 15) is 18.0 Å². The van der Waals surface area contributed by atoms with Gasteiger partial charge in [0.05, 0.1) is 42.4 Å². The number of nitrogens with zero attached hydrogens (tertiary/aromatic N) is 2. The van der Waals surface area contributed by atoms with E-state index in [1.165, 1.54) is 6.07 Å². The first-order chi connectivity index (χ1) is 15.6. The zero-order valence-electron chi connectivity index (χ0n) is 18.9. The summed E-state index contributed by atoms with van der Waals surface area (Å²) in [5.41, 5.74) is 1.83. The lowest BCUT2D eigenvalue weighted by Gasteiger charge is -2.13. The Bertz CT molecular complexity index is 1140. The highest BCUT2D eigenvalue weighted by Crippen LogP contribution is 2.31. The highest BCUT2D eigenvalue weighted by Gasteiger charge is 2.30. The lowest BCUT2D eigenvalue weighted by Crippen LogP contribution is -2.14. The predicted octanol–water partition coefficient (Wildman–Crippen LogP) is 5.62. The van der Waals surface area contributed by atoms with Crippen molar-refractivity contribution in [3.63, 3.8) is 0 Å². The van der Waals surface area contributed by atoms with E-state index >= 15 is 0 Å². The van der Waals surface area contributed by atoms with Crippen LogP contribution in [0.25, 0.3) is 0 Å². The Morgan fingerprint density at radius 2 is 1.73 bits per heavy atom. The van der Waals surface area contributed by atoms with E-state index < -0.39 is 11.7 Å². The molecule has 2 aromatic carbocycles. The molecule has 1 aromatic heterocycles. The normalized spacial score (nSPS) is 11.4. The average molecular weight is 461 g/mol. The second-order valence-electron chi connectivity index (χ2n) is 7.38. The molecular weight excluding hydrogens is 435 g/mol. The minimum atomic E-state index is -4.41. The number of halogens is 3. The van der Waals surface area contributed by atoms with E-state index in [-0.39, 0.29) is 12.5 Å². The second-order valence-corrected chi connectivity index (χ2v) is 7.38. The predicted molar refractivity (Wildman–Crippen MR) is 119 cm³/mol. The van der Waals surface area contributed by atoms with Crippen LogP contribution >= 0.6 is 0 Å². The molecule has 0 fully saturated rings. The largest absolute Gasteiger partial charge is 0.490 e. The van der Waals surface area contributed by atoms with Gasteiger partial charge in [-0.2, -0.15) is 18.3 Å². The molecule has 1 N–H and O–H groups in total. The van der Waals surface area contributed by atoms with Crippen molar-refractivity contribution in [1.29, 1.82) is 0 Å². The summed E-state index contributed by atoms with van der Waals surface area (Å²) >= 11 is 0. The molecule has 0 aliphatic carbocycles. The van der Waals surface area contributed by atoms with Crippen molar-refractivity contribution in [3.05, 3.63) is 70.5 Å². The Balaban J connectivity index is 1.82. The number of amides is 1. The van der Waals surface area contributed by atoms with Gasteiger partial charge in [-0.1, -0.05) is 12.1 Å². The summed E-state index contributed by atoms with van der Waals surface area (Å²) in [4.78, 5) is 12.9. The minimum absolute atomic E-state index is 0.143. The van der Waals surface area contributed by atoms with Crippen molar-refractivity contribution < 1.29 is 27.4 Å². The van der Waals surface area contributed by atoms with Crippen molar-refractivity contribution in [1.82, 2.24) is 9.78 Å². The maximum Gasteiger partial charge on any atom is 0.416 e. The Morgan fingerprint density at radius 3 is 2.39 bits per heavy atom. The lowest BCUT2D eigenvalue weighted by molar-refractivity contribution is -0.137. The van der Waals surface area contributed by atoms with E-state index in [4.69, 9.17) is 9.47 Å². The van der Waals surface area contributed by atoms with Gasteiger partial charge in [0.25, 0.3) is 5.91 Å². The molecular formula is C24H26F3N3O3. The SMILES string of the molecule is CCOc1ccc(C(=O)Nc2c(C)nn(Cc3cccc(C(F)(F)F)c3)c2C)cc1OCC. The van der Waals surface area contributed by atoms with E-state index in [1.54, 1.807) is 42.8 Å². The number of hydrogen-bond donors (Lipinski definition) is 1. The molecule has 0 atom stereocenters. The van der Waals surface area contributed by atoms with Crippen LogP contribution in [0, 0.1) is 13.8 Å². The zero-order chi connectivity index (χ0) is 24.2. The third kappa shape index (κ3) is 5.66. The van der Waals surface area contributed by atoms with Gasteiger partial charge < -0.3 is 14.8 Å². The third-order valence-corrected chi connectivity index (χ3v) is 5.01. The van der Waals surface area contributed by atoms with Crippen LogP contribution < -0.4 is 14.8 Å². The summed E-state index contributed by atoms with van der Waals surface area (Å²) in [5.74, 6) is 0.668. The summed E-state index contributed by atoms with van der Waals surface area (Å²) in [7, 11) is 0. The standard InChI is InChI=1S/C24H26F3N3O3/c1-5-32-20-11-10-18(13-21(20)33-6-2)23(31)28-22-15(3)29-30(16(22)4)14-17-8-7-9-19(12-17)24(25,26)27/h7-13H,5-6,14H2,1-4H3,(H,28,31). The van der Waals surface area contributed by atoms with Gasteiger partial charge in [-0.05, 0) is 63.6 Å². The molecule has 0 saturated carbocycles. The maximum atomic E-state index is 13.0. The smallest absolute Gasteiger partial charge is 0.416 e. The third-order valence-electron chi connectivity index (χ3n) is 5.01. The molecule has 0 spiro atoms. The van der Waals surface area contributed by atoms with Crippen LogP contribution in [0.2, 0.25) is 0 Å². The second kappa shape index (κ2) is 9.97. The van der Waals surface area contributed by atoms with Gasteiger partial charge in [0.15, 0.2) is 11.5 Å². The number of ether oxygens (including phenoxy) is 2. The highest BCUT2D eigenvalue weighted by molar-refractivity contribution is 6.05. The molecule has 9 heteroatoms. The van der Waals surface area contributed by atoms with Gasteiger partial charge in [0, 0.05) is 5.56 Å². The number of benzene rings is 2. The van der Waals surface area contributed by atoms with Crippen molar-refractivity contribution >= 4 is 11.6 Å². The van der Waals surface area contributed by atoms with Crippen molar-refractivity contribution in [2.75, 3.05) is 18.5 Å². The zero-order valence-corrected chi connectivity index (χ0v) is 18.9. The number of anilines is 1. The molecule has 0 bridgehead atoms. The number of aryl methyl sites for hydroxylation is 1. The van der Waals surface area contributed by atoms with Gasteiger partial charge in [-0.25, -0.2) is 0 Å². The first-order valence-corrected chi connectivity index (χ1v) is 10.5. The molecule has 0 aliphatic heterocycles. The van der Waals surface area contributed by atoms with Crippen molar-refractivity contribution in [2.45, 2.75) is 40.4 Å². The number of alkyl halides is 3. The Morgan fingerprint density at radius 1 is 1.03 bits per heavy atom. The molecule has 0 saturated heterocycles. The van der Waals surface area contributed by atoms with Crippen LogP contribution in [-0.4, -0.2) is 28.9 Å². The molecule has 6 nitrogen and oxygen atoms in total. The van der Waals surface area contributed by atoms with Crippen LogP contribution in [-0.2, 0) is 12.7 Å². The average Bonchev–Trinajstić information content (AvgIpc) is 3.02. The summed E-state index contributed by atoms with van der Waals surface area (Å²) in [5, 5.41) is 7.26. The monoisotopic (exact) mass is 461 g/mol. The molecule has 176 valence electrons. The fraction of sp³-hybridized carbons (Fsp3) is 0.333. The first kappa shape index (κ1) is 24.2. The minimum Gasteiger partial charge on any atom is -0.490 e. The molecule has 1 amide bonds. The fourth-order valence-corrected chi connectivity index (χ4v) is 3.43. The van der Waals surface area contributed by atoms with Crippen molar-refractivity contribution in [2.24, 2.45) is 0 Å². The maximum absolute atomic E-state index is 13.0. The lowest BCUT2D eigenvalue weighted by atomic mass is 10.1. The number of carbonyl (C=O) groups is 1. The Kier molecular flexibility index (Phi) is 7.30. The number of rotatable bonds is 8. The summed E-state index contributed by atoms with van der Waals surface area (Å²) < 4.78 is 51.7. The Labute approximate surface area is 190 Å². The van der Waals surface area contributed by atoms with Gasteiger partial charge in [-0.15, -0.1) is 0 Å². The van der Waals surface area contributed by atoms with E-state index in [0.717, 1.165) is 12.1 Å². The number of nitrogens with one attached hydrogen (secondary N) is 1. The van der Waals surface area contributed by atoms with Crippen LogP contribution in [0.3, 0.4) is 0 Å². The Hall–Kier alpha value is -3.49. The van der Waals surface area contributed by atoms with Crippen LogP contribution in [0.1, 0.15) is 46.7 Å². The molecule has 3 rings (SSSR count). The molecule has 0 aliphatic rings. The van der Waals surface area contributed by atoms with Gasteiger partial charge >= 0.3 is 6.18 Å².